The number of nitrogens with one attached hydrogen (secondary N) is 1. The smallest absolute Gasteiger partial charge is 0.167 e. The number of rotatable bonds is 3. The van der Waals surface area contributed by atoms with E-state index in [0.29, 0.717) is 21.7 Å². The normalized spacial score (nSPS) is 10.2. The molecule has 0 aliphatic heterocycles. The van der Waals surface area contributed by atoms with E-state index in [1.807, 2.05) is 0 Å². The number of nitrogens with two attached hydrogens (primary N) is 1. The summed E-state index contributed by atoms with van der Waals surface area (Å²) in [5, 5.41) is 2.98. The first-order chi connectivity index (χ1) is 8.60. The van der Waals surface area contributed by atoms with E-state index < -0.39 is 5.82 Å². The zero-order chi connectivity index (χ0) is 13.1. The molecule has 0 saturated carbocycles. The van der Waals surface area contributed by atoms with Gasteiger partial charge in [0.1, 0.15) is 5.82 Å². The fraction of sp³-hybridized carbons (Fsp3) is 0.0833. The van der Waals surface area contributed by atoms with Crippen LogP contribution in [0.5, 0.6) is 5.75 Å². The molecule has 1 heterocycles. The molecule has 2 aromatic rings. The molecule has 1 aromatic heterocycles. The first-order valence-corrected chi connectivity index (χ1v) is 5.91. The minimum atomic E-state index is -0.436. The van der Waals surface area contributed by atoms with Gasteiger partial charge in [0.2, 0.25) is 0 Å². The van der Waals surface area contributed by atoms with Crippen LogP contribution in [0.2, 0.25) is 0 Å². The van der Waals surface area contributed by atoms with E-state index >= 15 is 0 Å². The van der Waals surface area contributed by atoms with Crippen molar-refractivity contribution in [3.8, 4) is 5.75 Å². The number of hydrogen-bond donors (Lipinski definition) is 2. The molecule has 0 aliphatic rings. The molecule has 6 heteroatoms. The highest BCUT2D eigenvalue weighted by Crippen LogP contribution is 2.27. The minimum Gasteiger partial charge on any atom is -0.494 e. The Labute approximate surface area is 112 Å². The van der Waals surface area contributed by atoms with Gasteiger partial charge in [-0.15, -0.1) is 0 Å². The fourth-order valence-electron chi connectivity index (χ4n) is 1.43. The molecule has 0 spiro atoms. The van der Waals surface area contributed by atoms with E-state index in [9.17, 15) is 4.39 Å². The number of ether oxygens (including phenoxy) is 1. The van der Waals surface area contributed by atoms with Crippen LogP contribution in [0.3, 0.4) is 0 Å². The molecule has 0 bridgehead atoms. The molecule has 0 atom stereocenters. The molecular formula is C12H11BrFN3O. The lowest BCUT2D eigenvalue weighted by Gasteiger charge is -2.09. The van der Waals surface area contributed by atoms with Crippen molar-refractivity contribution >= 4 is 33.1 Å². The number of halogens is 2. The van der Waals surface area contributed by atoms with Crippen molar-refractivity contribution in [3.63, 3.8) is 0 Å². The number of nitrogen functional groups attached to an aromatic ring is 1. The van der Waals surface area contributed by atoms with Crippen LogP contribution in [0, 0.1) is 5.82 Å². The summed E-state index contributed by atoms with van der Waals surface area (Å²) in [7, 11) is 1.42. The van der Waals surface area contributed by atoms with Crippen LogP contribution in [0.1, 0.15) is 0 Å². The van der Waals surface area contributed by atoms with Crippen molar-refractivity contribution in [2.24, 2.45) is 0 Å². The Kier molecular flexibility index (Phi) is 3.66. The number of methoxy groups -OCH3 is 1. The summed E-state index contributed by atoms with van der Waals surface area (Å²) in [6.45, 7) is 0. The maximum atomic E-state index is 13.5. The van der Waals surface area contributed by atoms with Gasteiger partial charge in [-0.2, -0.15) is 0 Å². The van der Waals surface area contributed by atoms with Gasteiger partial charge < -0.3 is 15.8 Å². The van der Waals surface area contributed by atoms with E-state index in [4.69, 9.17) is 10.5 Å². The molecule has 2 rings (SSSR count). The average Bonchev–Trinajstić information content (AvgIpc) is 2.33. The molecule has 4 nitrogen and oxygen atoms in total. The van der Waals surface area contributed by atoms with Crippen molar-refractivity contribution in [2.75, 3.05) is 18.2 Å². The second-order valence-corrected chi connectivity index (χ2v) is 4.43. The average molecular weight is 312 g/mol. The van der Waals surface area contributed by atoms with Crippen LogP contribution in [0.15, 0.2) is 34.9 Å². The standard InChI is InChI=1S/C12H11BrFN3O/c1-18-11-3-2-8(5-10(11)14)17-12-9(13)4-7(15)6-16-12/h2-6H,15H2,1H3,(H,16,17). The molecule has 3 N–H and O–H groups in total. The van der Waals surface area contributed by atoms with E-state index in [2.05, 4.69) is 26.2 Å². The molecule has 1 aromatic carbocycles. The SMILES string of the molecule is COc1ccc(Nc2ncc(N)cc2Br)cc1F. The van der Waals surface area contributed by atoms with Gasteiger partial charge in [-0.25, -0.2) is 9.37 Å². The molecule has 94 valence electrons. The monoisotopic (exact) mass is 311 g/mol. The Hall–Kier alpha value is -1.82. The van der Waals surface area contributed by atoms with Gasteiger partial charge in [-0.1, -0.05) is 0 Å². The van der Waals surface area contributed by atoms with Gasteiger partial charge in [0.05, 0.1) is 23.5 Å². The van der Waals surface area contributed by atoms with Gasteiger partial charge in [-0.3, -0.25) is 0 Å². The van der Waals surface area contributed by atoms with E-state index in [0.717, 1.165) is 0 Å². The summed E-state index contributed by atoms with van der Waals surface area (Å²) in [6, 6.07) is 6.30. The summed E-state index contributed by atoms with van der Waals surface area (Å²) >= 11 is 3.33. The van der Waals surface area contributed by atoms with Gasteiger partial charge in [0, 0.05) is 11.8 Å². The summed E-state index contributed by atoms with van der Waals surface area (Å²) in [6.07, 6.45) is 1.52. The third kappa shape index (κ3) is 2.70. The van der Waals surface area contributed by atoms with E-state index in [-0.39, 0.29) is 5.75 Å². The molecule has 0 unspecified atom stereocenters. The van der Waals surface area contributed by atoms with Gasteiger partial charge in [0.25, 0.3) is 0 Å². The van der Waals surface area contributed by atoms with Gasteiger partial charge in [0.15, 0.2) is 11.6 Å². The number of hydrogen-bond acceptors (Lipinski definition) is 4. The summed E-state index contributed by atoms with van der Waals surface area (Å²) in [4.78, 5) is 4.11. The van der Waals surface area contributed by atoms with Crippen LogP contribution >= 0.6 is 15.9 Å². The lowest BCUT2D eigenvalue weighted by atomic mass is 10.3. The van der Waals surface area contributed by atoms with Crippen LogP contribution < -0.4 is 15.8 Å². The maximum Gasteiger partial charge on any atom is 0.167 e. The first-order valence-electron chi connectivity index (χ1n) is 5.11. The van der Waals surface area contributed by atoms with Crippen molar-refractivity contribution in [2.45, 2.75) is 0 Å². The Morgan fingerprint density at radius 1 is 1.39 bits per heavy atom. The lowest BCUT2D eigenvalue weighted by Crippen LogP contribution is -1.97. The van der Waals surface area contributed by atoms with Gasteiger partial charge >= 0.3 is 0 Å². The van der Waals surface area contributed by atoms with Crippen molar-refractivity contribution in [1.82, 2.24) is 4.98 Å². The maximum absolute atomic E-state index is 13.5. The number of pyridine rings is 1. The largest absolute Gasteiger partial charge is 0.494 e. The molecular weight excluding hydrogens is 301 g/mol. The molecule has 0 aliphatic carbocycles. The second kappa shape index (κ2) is 5.22. The highest BCUT2D eigenvalue weighted by Gasteiger charge is 2.06. The molecule has 18 heavy (non-hydrogen) atoms. The molecule has 0 amide bonds. The highest BCUT2D eigenvalue weighted by molar-refractivity contribution is 9.10. The highest BCUT2D eigenvalue weighted by atomic mass is 79.9. The Balaban J connectivity index is 2.26. The van der Waals surface area contributed by atoms with E-state index in [1.54, 1.807) is 18.2 Å². The number of benzene rings is 1. The van der Waals surface area contributed by atoms with E-state index in [1.165, 1.54) is 19.4 Å². The van der Waals surface area contributed by atoms with Crippen LogP contribution in [0.4, 0.5) is 21.6 Å². The Morgan fingerprint density at radius 3 is 2.78 bits per heavy atom. The number of nitrogens with zero attached hydrogens (tertiary/aromatic N) is 1. The van der Waals surface area contributed by atoms with Crippen molar-refractivity contribution in [1.29, 1.82) is 0 Å². The lowest BCUT2D eigenvalue weighted by molar-refractivity contribution is 0.386. The van der Waals surface area contributed by atoms with Crippen molar-refractivity contribution in [3.05, 3.63) is 40.8 Å². The molecule has 0 saturated heterocycles. The summed E-state index contributed by atoms with van der Waals surface area (Å²) in [5.74, 6) is 0.327. The second-order valence-electron chi connectivity index (χ2n) is 3.57. The van der Waals surface area contributed by atoms with Crippen LogP contribution in [0.25, 0.3) is 0 Å². The zero-order valence-corrected chi connectivity index (χ0v) is 11.2. The molecule has 0 fully saturated rings. The predicted molar refractivity (Wildman–Crippen MR) is 72.6 cm³/mol. The fourth-order valence-corrected chi connectivity index (χ4v) is 1.89. The third-order valence-corrected chi connectivity index (χ3v) is 2.88. The predicted octanol–water partition coefficient (Wildman–Crippen LogP) is 3.32. The summed E-state index contributed by atoms with van der Waals surface area (Å²) < 4.78 is 19.1. The Bertz CT molecular complexity index is 577. The van der Waals surface area contributed by atoms with Gasteiger partial charge in [-0.05, 0) is 34.1 Å². The van der Waals surface area contributed by atoms with Crippen LogP contribution in [-0.4, -0.2) is 12.1 Å². The van der Waals surface area contributed by atoms with Crippen molar-refractivity contribution < 1.29 is 9.13 Å². The first kappa shape index (κ1) is 12.6. The van der Waals surface area contributed by atoms with Crippen LogP contribution in [-0.2, 0) is 0 Å². The third-order valence-electron chi connectivity index (χ3n) is 2.28. The quantitative estimate of drug-likeness (QED) is 0.913. The molecule has 0 radical (unpaired) electrons. The summed E-state index contributed by atoms with van der Waals surface area (Å²) in [5.41, 5.74) is 6.71. The Morgan fingerprint density at radius 2 is 2.17 bits per heavy atom. The zero-order valence-electron chi connectivity index (χ0n) is 9.58. The number of aromatic nitrogens is 1. The topological polar surface area (TPSA) is 60.2 Å². The number of anilines is 3. The minimum absolute atomic E-state index is 0.199.